The number of hydrogen-bond donors (Lipinski definition) is 1. The second kappa shape index (κ2) is 9.94. The summed E-state index contributed by atoms with van der Waals surface area (Å²) in [5.74, 6) is -0.0913. The first-order chi connectivity index (χ1) is 15.0. The Bertz CT molecular complexity index is 1160. The third kappa shape index (κ3) is 5.40. The van der Waals surface area contributed by atoms with Crippen molar-refractivity contribution in [3.8, 4) is 11.8 Å². The summed E-state index contributed by atoms with van der Waals surface area (Å²) in [7, 11) is 1.53. The largest absolute Gasteiger partial charge is 0.496 e. The molecule has 0 fully saturated rings. The number of nitrogens with one attached hydrogen (secondary N) is 1. The summed E-state index contributed by atoms with van der Waals surface area (Å²) in [4.78, 5) is 21.7. The van der Waals surface area contributed by atoms with E-state index in [0.717, 1.165) is 11.4 Å². The number of para-hydroxylation sites is 1. The lowest BCUT2D eigenvalue weighted by Gasteiger charge is -2.08. The minimum absolute atomic E-state index is 0.109. The van der Waals surface area contributed by atoms with Crippen molar-refractivity contribution in [1.29, 1.82) is 5.26 Å². The Morgan fingerprint density at radius 1 is 1.00 bits per heavy atom. The fraction of sp³-hybridized carbons (Fsp3) is 0.125. The predicted molar refractivity (Wildman–Crippen MR) is 118 cm³/mol. The number of hydrazone groups is 1. The molecule has 0 aliphatic rings. The van der Waals surface area contributed by atoms with E-state index in [0.29, 0.717) is 28.4 Å². The molecule has 0 atom stereocenters. The van der Waals surface area contributed by atoms with Crippen molar-refractivity contribution >= 4 is 17.7 Å². The quantitative estimate of drug-likeness (QED) is 0.289. The number of pyridine rings is 2. The monoisotopic (exact) mass is 411 g/mol. The first-order valence-corrected chi connectivity index (χ1v) is 9.52. The lowest BCUT2D eigenvalue weighted by Crippen LogP contribution is -2.22. The number of nitriles is 1. The van der Waals surface area contributed by atoms with Gasteiger partial charge in [0.2, 0.25) is 0 Å². The number of aryl methyl sites for hydroxylation is 2. The number of aromatic nitrogens is 2. The zero-order chi connectivity index (χ0) is 22.2. The van der Waals surface area contributed by atoms with Gasteiger partial charge in [-0.15, -0.1) is 0 Å². The van der Waals surface area contributed by atoms with Crippen molar-refractivity contribution in [2.45, 2.75) is 13.8 Å². The van der Waals surface area contributed by atoms with Crippen molar-refractivity contribution in [2.75, 3.05) is 7.11 Å². The van der Waals surface area contributed by atoms with Crippen LogP contribution in [0.4, 0.5) is 0 Å². The summed E-state index contributed by atoms with van der Waals surface area (Å²) in [5, 5.41) is 13.8. The SMILES string of the molecule is COc1ccccc1/C=C(\C#N)C(=O)NN=C(c1cccc(C)n1)c1cccc(C)n1. The molecular weight excluding hydrogens is 390 g/mol. The number of nitrogens with zero attached hydrogens (tertiary/aromatic N) is 4. The second-order valence-corrected chi connectivity index (χ2v) is 6.64. The Balaban J connectivity index is 1.96. The summed E-state index contributed by atoms with van der Waals surface area (Å²) in [6.07, 6.45) is 1.46. The number of benzene rings is 1. The van der Waals surface area contributed by atoms with Crippen LogP contribution in [0, 0.1) is 25.2 Å². The zero-order valence-electron chi connectivity index (χ0n) is 17.5. The summed E-state index contributed by atoms with van der Waals surface area (Å²) in [6.45, 7) is 3.74. The molecule has 0 aliphatic carbocycles. The third-order valence-electron chi connectivity index (χ3n) is 4.33. The lowest BCUT2D eigenvalue weighted by atomic mass is 10.1. The van der Waals surface area contributed by atoms with Gasteiger partial charge in [0.15, 0.2) is 0 Å². The molecule has 7 nitrogen and oxygen atoms in total. The molecule has 0 saturated heterocycles. The average molecular weight is 411 g/mol. The van der Waals surface area contributed by atoms with Gasteiger partial charge in [0, 0.05) is 17.0 Å². The van der Waals surface area contributed by atoms with Crippen LogP contribution >= 0.6 is 0 Å². The molecule has 1 aromatic carbocycles. The molecule has 0 unspecified atom stereocenters. The number of carbonyl (C=O) groups is 1. The third-order valence-corrected chi connectivity index (χ3v) is 4.33. The molecule has 7 heteroatoms. The highest BCUT2D eigenvalue weighted by molar-refractivity contribution is 6.11. The fourth-order valence-electron chi connectivity index (χ4n) is 2.85. The highest BCUT2D eigenvalue weighted by atomic mass is 16.5. The van der Waals surface area contributed by atoms with E-state index in [4.69, 9.17) is 4.74 Å². The zero-order valence-corrected chi connectivity index (χ0v) is 17.5. The van der Waals surface area contributed by atoms with Crippen molar-refractivity contribution < 1.29 is 9.53 Å². The van der Waals surface area contributed by atoms with E-state index in [2.05, 4.69) is 20.5 Å². The number of rotatable bonds is 6. The molecule has 2 aromatic heterocycles. The van der Waals surface area contributed by atoms with E-state index < -0.39 is 5.91 Å². The topological polar surface area (TPSA) is 100 Å². The summed E-state index contributed by atoms with van der Waals surface area (Å²) in [5.41, 5.74) is 6.10. The number of amides is 1. The molecule has 0 saturated carbocycles. The fourth-order valence-corrected chi connectivity index (χ4v) is 2.85. The van der Waals surface area contributed by atoms with Crippen molar-refractivity contribution in [1.82, 2.24) is 15.4 Å². The van der Waals surface area contributed by atoms with Crippen molar-refractivity contribution in [3.63, 3.8) is 0 Å². The Kier molecular flexibility index (Phi) is 6.86. The highest BCUT2D eigenvalue weighted by Gasteiger charge is 2.14. The first-order valence-electron chi connectivity index (χ1n) is 9.52. The smallest absolute Gasteiger partial charge is 0.282 e. The van der Waals surface area contributed by atoms with Gasteiger partial charge in [0.1, 0.15) is 23.1 Å². The van der Waals surface area contributed by atoms with E-state index in [-0.39, 0.29) is 5.57 Å². The van der Waals surface area contributed by atoms with E-state index >= 15 is 0 Å². The van der Waals surface area contributed by atoms with Crippen LogP contribution in [0.3, 0.4) is 0 Å². The summed E-state index contributed by atoms with van der Waals surface area (Å²) < 4.78 is 5.28. The van der Waals surface area contributed by atoms with Crippen LogP contribution < -0.4 is 10.2 Å². The highest BCUT2D eigenvalue weighted by Crippen LogP contribution is 2.20. The van der Waals surface area contributed by atoms with Crippen LogP contribution in [0.1, 0.15) is 28.3 Å². The van der Waals surface area contributed by atoms with Gasteiger partial charge in [0.05, 0.1) is 18.5 Å². The van der Waals surface area contributed by atoms with Crippen LogP contribution in [-0.2, 0) is 4.79 Å². The van der Waals surface area contributed by atoms with Crippen LogP contribution in [-0.4, -0.2) is 28.7 Å². The number of ether oxygens (including phenoxy) is 1. The molecule has 154 valence electrons. The van der Waals surface area contributed by atoms with Crippen LogP contribution in [0.15, 0.2) is 71.3 Å². The average Bonchev–Trinajstić information content (AvgIpc) is 2.78. The lowest BCUT2D eigenvalue weighted by molar-refractivity contribution is -0.117. The Labute approximate surface area is 180 Å². The maximum atomic E-state index is 12.7. The van der Waals surface area contributed by atoms with Gasteiger partial charge in [-0.3, -0.25) is 14.8 Å². The van der Waals surface area contributed by atoms with Crippen LogP contribution in [0.2, 0.25) is 0 Å². The summed E-state index contributed by atoms with van der Waals surface area (Å²) in [6, 6.07) is 20.1. The van der Waals surface area contributed by atoms with E-state index in [1.807, 2.05) is 50.2 Å². The molecule has 0 bridgehead atoms. The Morgan fingerprint density at radius 3 is 2.16 bits per heavy atom. The number of methoxy groups -OCH3 is 1. The molecule has 0 spiro atoms. The number of carbonyl (C=O) groups excluding carboxylic acids is 1. The predicted octanol–water partition coefficient (Wildman–Crippen LogP) is 3.58. The minimum atomic E-state index is -0.647. The van der Waals surface area contributed by atoms with E-state index in [1.54, 1.807) is 30.3 Å². The molecule has 1 amide bonds. The van der Waals surface area contributed by atoms with Gasteiger partial charge >= 0.3 is 0 Å². The van der Waals surface area contributed by atoms with Gasteiger partial charge in [-0.2, -0.15) is 10.4 Å². The molecule has 2 heterocycles. The van der Waals surface area contributed by atoms with Crippen molar-refractivity contribution in [3.05, 3.63) is 94.6 Å². The maximum absolute atomic E-state index is 12.7. The van der Waals surface area contributed by atoms with Crippen LogP contribution in [0.25, 0.3) is 6.08 Å². The van der Waals surface area contributed by atoms with E-state index in [1.165, 1.54) is 13.2 Å². The molecule has 3 rings (SSSR count). The normalized spacial score (nSPS) is 10.7. The van der Waals surface area contributed by atoms with Gasteiger partial charge in [-0.1, -0.05) is 30.3 Å². The van der Waals surface area contributed by atoms with Gasteiger partial charge in [0.25, 0.3) is 5.91 Å². The van der Waals surface area contributed by atoms with Crippen LogP contribution in [0.5, 0.6) is 5.75 Å². The molecule has 1 N–H and O–H groups in total. The molecular formula is C24H21N5O2. The van der Waals surface area contributed by atoms with Gasteiger partial charge < -0.3 is 4.74 Å². The van der Waals surface area contributed by atoms with Gasteiger partial charge in [-0.05, 0) is 50.3 Å². The first kappa shape index (κ1) is 21.4. The number of hydrogen-bond acceptors (Lipinski definition) is 6. The second-order valence-electron chi connectivity index (χ2n) is 6.64. The van der Waals surface area contributed by atoms with Crippen molar-refractivity contribution in [2.24, 2.45) is 5.10 Å². The minimum Gasteiger partial charge on any atom is -0.496 e. The maximum Gasteiger partial charge on any atom is 0.282 e. The molecule has 0 aliphatic heterocycles. The Morgan fingerprint density at radius 2 is 1.61 bits per heavy atom. The summed E-state index contributed by atoms with van der Waals surface area (Å²) >= 11 is 0. The standard InChI is InChI=1S/C24H21N5O2/c1-16-8-6-11-20(26-16)23(21-12-7-9-17(2)27-21)28-29-24(30)19(15-25)14-18-10-4-5-13-22(18)31-3/h4-14H,1-3H3,(H,29,30)/b19-14+. The molecule has 0 radical (unpaired) electrons. The Hall–Kier alpha value is -4.31. The molecule has 3 aromatic rings. The van der Waals surface area contributed by atoms with Gasteiger partial charge in [-0.25, -0.2) is 5.43 Å². The molecule has 31 heavy (non-hydrogen) atoms. The van der Waals surface area contributed by atoms with E-state index in [9.17, 15) is 10.1 Å².